The van der Waals surface area contributed by atoms with Crippen LogP contribution in [0.25, 0.3) is 0 Å². The lowest BCUT2D eigenvalue weighted by atomic mass is 10.2. The molecule has 0 saturated heterocycles. The molecule has 0 aliphatic heterocycles. The average molecular weight is 314 g/mol. The second-order valence-corrected chi connectivity index (χ2v) is 6.24. The first-order valence-electron chi connectivity index (χ1n) is 6.18. The van der Waals surface area contributed by atoms with Crippen molar-refractivity contribution in [2.24, 2.45) is 5.73 Å². The molecule has 1 unspecified atom stereocenters. The van der Waals surface area contributed by atoms with Gasteiger partial charge in [-0.15, -0.1) is 0 Å². The molecule has 5 nitrogen and oxygen atoms in total. The van der Waals surface area contributed by atoms with Crippen LogP contribution in [-0.2, 0) is 15.6 Å². The van der Waals surface area contributed by atoms with Gasteiger partial charge in [0.1, 0.15) is 10.7 Å². The molecular formula is C13H18N2O3S2. The van der Waals surface area contributed by atoms with E-state index in [1.165, 1.54) is 0 Å². The molecule has 0 aromatic heterocycles. The Kier molecular flexibility index (Phi) is 7.17. The number of ether oxygens (including phenoxy) is 1. The first-order chi connectivity index (χ1) is 9.54. The zero-order chi connectivity index (χ0) is 15.0. The zero-order valence-electron chi connectivity index (χ0n) is 11.3. The minimum atomic E-state index is -0.882. The number of benzene rings is 1. The summed E-state index contributed by atoms with van der Waals surface area (Å²) in [5, 5.41) is 2.65. The molecule has 1 aromatic carbocycles. The Bertz CT molecular complexity index is 506. The highest BCUT2D eigenvalue weighted by atomic mass is 32.2. The summed E-state index contributed by atoms with van der Waals surface area (Å²) in [6.07, 6.45) is 0. The van der Waals surface area contributed by atoms with E-state index in [-0.39, 0.29) is 17.5 Å². The van der Waals surface area contributed by atoms with Crippen LogP contribution in [0.15, 0.2) is 24.3 Å². The third-order valence-corrected chi connectivity index (χ3v) is 4.01. The summed E-state index contributed by atoms with van der Waals surface area (Å²) in [5.41, 5.74) is 6.17. The zero-order valence-corrected chi connectivity index (χ0v) is 12.9. The number of hydrogen-bond acceptors (Lipinski definition) is 4. The Balaban J connectivity index is 2.41. The van der Waals surface area contributed by atoms with Crippen LogP contribution in [0.3, 0.4) is 0 Å². The number of nitrogens with one attached hydrogen (secondary N) is 1. The average Bonchev–Trinajstić information content (AvgIpc) is 2.45. The van der Waals surface area contributed by atoms with Gasteiger partial charge >= 0.3 is 0 Å². The molecule has 0 spiro atoms. The summed E-state index contributed by atoms with van der Waals surface area (Å²) >= 11 is 4.90. The summed E-state index contributed by atoms with van der Waals surface area (Å²) in [5.74, 6) is 1.25. The second kappa shape index (κ2) is 8.65. The van der Waals surface area contributed by atoms with Crippen molar-refractivity contribution in [3.63, 3.8) is 0 Å². The van der Waals surface area contributed by atoms with Crippen LogP contribution in [0.5, 0.6) is 5.75 Å². The monoisotopic (exact) mass is 314 g/mol. The number of carbonyl (C=O) groups excluding carboxylic acids is 1. The summed E-state index contributed by atoms with van der Waals surface area (Å²) in [4.78, 5) is 11.8. The number of amides is 1. The molecule has 0 bridgehead atoms. The lowest BCUT2D eigenvalue weighted by Crippen LogP contribution is -2.32. The van der Waals surface area contributed by atoms with E-state index >= 15 is 0 Å². The third-order valence-electron chi connectivity index (χ3n) is 2.49. The Morgan fingerprint density at radius 1 is 1.45 bits per heavy atom. The maximum atomic E-state index is 11.6. The van der Waals surface area contributed by atoms with Crippen LogP contribution in [0.4, 0.5) is 0 Å². The molecule has 20 heavy (non-hydrogen) atoms. The fraction of sp³-hybridized carbons (Fsp3) is 0.385. The maximum absolute atomic E-state index is 11.6. The molecule has 0 fully saturated rings. The summed E-state index contributed by atoms with van der Waals surface area (Å²) in [6.45, 7) is 2.09. The van der Waals surface area contributed by atoms with Crippen molar-refractivity contribution < 1.29 is 13.7 Å². The SMILES string of the molecule is CCS(=O)CCNC(=O)COc1ccccc1C(N)=S. The van der Waals surface area contributed by atoms with E-state index in [9.17, 15) is 9.00 Å². The highest BCUT2D eigenvalue weighted by Crippen LogP contribution is 2.17. The van der Waals surface area contributed by atoms with Crippen molar-refractivity contribution in [2.45, 2.75) is 6.92 Å². The van der Waals surface area contributed by atoms with E-state index < -0.39 is 10.8 Å². The first kappa shape index (κ1) is 16.6. The van der Waals surface area contributed by atoms with E-state index in [1.807, 2.05) is 6.92 Å². The molecule has 1 atom stereocenters. The molecule has 3 N–H and O–H groups in total. The van der Waals surface area contributed by atoms with Gasteiger partial charge in [-0.2, -0.15) is 0 Å². The minimum Gasteiger partial charge on any atom is -0.483 e. The van der Waals surface area contributed by atoms with Gasteiger partial charge in [-0.1, -0.05) is 31.3 Å². The Morgan fingerprint density at radius 3 is 2.80 bits per heavy atom. The number of nitrogens with two attached hydrogens (primary N) is 1. The Morgan fingerprint density at radius 2 is 2.15 bits per heavy atom. The molecule has 7 heteroatoms. The smallest absolute Gasteiger partial charge is 0.257 e. The highest BCUT2D eigenvalue weighted by Gasteiger charge is 2.08. The summed E-state index contributed by atoms with van der Waals surface area (Å²) in [7, 11) is -0.882. The summed E-state index contributed by atoms with van der Waals surface area (Å²) in [6, 6.07) is 7.01. The van der Waals surface area contributed by atoms with E-state index in [0.717, 1.165) is 0 Å². The van der Waals surface area contributed by atoms with Gasteiger partial charge in [0.25, 0.3) is 5.91 Å². The fourth-order valence-corrected chi connectivity index (χ4v) is 2.23. The van der Waals surface area contributed by atoms with Crippen LogP contribution in [0.2, 0.25) is 0 Å². The van der Waals surface area contributed by atoms with Gasteiger partial charge in [-0.05, 0) is 12.1 Å². The Labute approximate surface area is 126 Å². The van der Waals surface area contributed by atoms with E-state index in [2.05, 4.69) is 5.32 Å². The highest BCUT2D eigenvalue weighted by molar-refractivity contribution is 7.84. The molecule has 0 heterocycles. The largest absolute Gasteiger partial charge is 0.483 e. The fourth-order valence-electron chi connectivity index (χ4n) is 1.44. The third kappa shape index (κ3) is 5.66. The van der Waals surface area contributed by atoms with Crippen molar-refractivity contribution >= 4 is 33.9 Å². The van der Waals surface area contributed by atoms with Gasteiger partial charge < -0.3 is 15.8 Å². The lowest BCUT2D eigenvalue weighted by molar-refractivity contribution is -0.122. The lowest BCUT2D eigenvalue weighted by Gasteiger charge is -2.10. The molecule has 1 rings (SSSR count). The van der Waals surface area contributed by atoms with Crippen LogP contribution >= 0.6 is 12.2 Å². The van der Waals surface area contributed by atoms with Crippen molar-refractivity contribution in [3.05, 3.63) is 29.8 Å². The molecule has 0 radical (unpaired) electrons. The topological polar surface area (TPSA) is 81.4 Å². The second-order valence-electron chi connectivity index (χ2n) is 3.93. The number of para-hydroxylation sites is 1. The predicted octanol–water partition coefficient (Wildman–Crippen LogP) is 0.584. The number of carbonyl (C=O) groups is 1. The number of rotatable bonds is 8. The van der Waals surface area contributed by atoms with E-state index in [4.69, 9.17) is 22.7 Å². The van der Waals surface area contributed by atoms with Crippen LogP contribution in [0.1, 0.15) is 12.5 Å². The van der Waals surface area contributed by atoms with Crippen molar-refractivity contribution in [1.82, 2.24) is 5.32 Å². The molecule has 0 aliphatic rings. The van der Waals surface area contributed by atoms with Crippen molar-refractivity contribution in [2.75, 3.05) is 24.7 Å². The van der Waals surface area contributed by atoms with Crippen molar-refractivity contribution in [1.29, 1.82) is 0 Å². The molecule has 1 amide bonds. The van der Waals surface area contributed by atoms with Crippen LogP contribution in [-0.4, -0.2) is 39.8 Å². The number of hydrogen-bond donors (Lipinski definition) is 2. The minimum absolute atomic E-state index is 0.127. The van der Waals surface area contributed by atoms with Gasteiger partial charge in [0.15, 0.2) is 6.61 Å². The number of thiocarbonyl (C=S) groups is 1. The Hall–Kier alpha value is -1.47. The van der Waals surface area contributed by atoms with Crippen molar-refractivity contribution in [3.8, 4) is 5.75 Å². The van der Waals surface area contributed by atoms with Crippen LogP contribution in [0, 0.1) is 0 Å². The normalized spacial score (nSPS) is 11.7. The molecule has 0 aliphatic carbocycles. The first-order valence-corrected chi connectivity index (χ1v) is 8.07. The molecule has 0 saturated carbocycles. The molecule has 1 aromatic rings. The van der Waals surface area contributed by atoms with Gasteiger partial charge in [0.2, 0.25) is 0 Å². The van der Waals surface area contributed by atoms with E-state index in [0.29, 0.717) is 29.4 Å². The van der Waals surface area contributed by atoms with Gasteiger partial charge in [0.05, 0.1) is 5.56 Å². The standard InChI is InChI=1S/C13H18N2O3S2/c1-2-20(17)8-7-15-12(16)9-18-11-6-4-3-5-10(11)13(14)19/h3-6H,2,7-9H2,1H3,(H2,14,19)(H,15,16). The van der Waals surface area contributed by atoms with Gasteiger partial charge in [-0.3, -0.25) is 9.00 Å². The van der Waals surface area contributed by atoms with Gasteiger partial charge in [0, 0.05) is 28.9 Å². The molecule has 110 valence electrons. The quantitative estimate of drug-likeness (QED) is 0.686. The molecular weight excluding hydrogens is 296 g/mol. The predicted molar refractivity (Wildman–Crippen MR) is 84.4 cm³/mol. The van der Waals surface area contributed by atoms with E-state index in [1.54, 1.807) is 24.3 Å². The summed E-state index contributed by atoms with van der Waals surface area (Å²) < 4.78 is 16.6. The maximum Gasteiger partial charge on any atom is 0.257 e. The van der Waals surface area contributed by atoms with Gasteiger partial charge in [-0.25, -0.2) is 0 Å². The van der Waals surface area contributed by atoms with Crippen LogP contribution < -0.4 is 15.8 Å².